The van der Waals surface area contributed by atoms with E-state index in [1.807, 2.05) is 0 Å². The van der Waals surface area contributed by atoms with Gasteiger partial charge in [-0.3, -0.25) is 4.79 Å². The summed E-state index contributed by atoms with van der Waals surface area (Å²) in [6, 6.07) is -0.317. The van der Waals surface area contributed by atoms with Gasteiger partial charge in [-0.2, -0.15) is 0 Å². The maximum Gasteiger partial charge on any atom is 0.240 e. The molecule has 0 aromatic heterocycles. The Morgan fingerprint density at radius 2 is 2.20 bits per heavy atom. The molecule has 4 nitrogen and oxygen atoms in total. The third-order valence-corrected chi connectivity index (χ3v) is 2.87. The SMILES string of the molecule is COC1CN(C(=O)[C@H]2C[C@H](F)CN2)C1.Cl. The number of likely N-dealkylation sites (tertiary alicyclic amines) is 1. The maximum atomic E-state index is 12.8. The number of hydrogen-bond donors (Lipinski definition) is 1. The molecule has 0 aromatic carbocycles. The second kappa shape index (κ2) is 5.09. The minimum Gasteiger partial charge on any atom is -0.378 e. The molecule has 0 aromatic rings. The fourth-order valence-corrected chi connectivity index (χ4v) is 1.87. The largest absolute Gasteiger partial charge is 0.378 e. The van der Waals surface area contributed by atoms with Gasteiger partial charge in [0.25, 0.3) is 0 Å². The number of hydrogen-bond acceptors (Lipinski definition) is 3. The maximum absolute atomic E-state index is 12.8. The fourth-order valence-electron chi connectivity index (χ4n) is 1.87. The minimum atomic E-state index is -0.872. The van der Waals surface area contributed by atoms with Crippen molar-refractivity contribution in [2.24, 2.45) is 0 Å². The summed E-state index contributed by atoms with van der Waals surface area (Å²) in [7, 11) is 1.64. The Labute approximate surface area is 94.6 Å². The van der Waals surface area contributed by atoms with Crippen molar-refractivity contribution in [1.82, 2.24) is 10.2 Å². The summed E-state index contributed by atoms with van der Waals surface area (Å²) in [5.74, 6) is 0.0125. The van der Waals surface area contributed by atoms with Gasteiger partial charge < -0.3 is 15.0 Å². The van der Waals surface area contributed by atoms with Crippen LogP contribution in [0.5, 0.6) is 0 Å². The Morgan fingerprint density at radius 3 is 2.67 bits per heavy atom. The van der Waals surface area contributed by atoms with Crippen LogP contribution in [0.2, 0.25) is 0 Å². The zero-order valence-corrected chi connectivity index (χ0v) is 9.43. The molecule has 2 aliphatic heterocycles. The molecule has 0 bridgehead atoms. The standard InChI is InChI=1S/C9H15FN2O2.ClH/c1-14-7-4-12(5-7)9(13)8-2-6(10)3-11-8;/h6-8,11H,2-5H2,1H3;1H/t6-,8+;/m0./s1. The van der Waals surface area contributed by atoms with Crippen molar-refractivity contribution in [3.05, 3.63) is 0 Å². The van der Waals surface area contributed by atoms with E-state index in [2.05, 4.69) is 5.32 Å². The topological polar surface area (TPSA) is 41.6 Å². The van der Waals surface area contributed by atoms with E-state index < -0.39 is 6.17 Å². The van der Waals surface area contributed by atoms with Gasteiger partial charge in [0.1, 0.15) is 6.17 Å². The van der Waals surface area contributed by atoms with Gasteiger partial charge >= 0.3 is 0 Å². The molecule has 0 spiro atoms. The van der Waals surface area contributed by atoms with Gasteiger partial charge in [-0.1, -0.05) is 0 Å². The number of alkyl halides is 1. The number of nitrogens with one attached hydrogen (secondary N) is 1. The quantitative estimate of drug-likeness (QED) is 0.735. The van der Waals surface area contributed by atoms with Crippen LogP contribution in [0.1, 0.15) is 6.42 Å². The zero-order chi connectivity index (χ0) is 10.1. The van der Waals surface area contributed by atoms with Crippen molar-refractivity contribution >= 4 is 18.3 Å². The highest BCUT2D eigenvalue weighted by atomic mass is 35.5. The molecular weight excluding hydrogens is 223 g/mol. The van der Waals surface area contributed by atoms with E-state index in [4.69, 9.17) is 4.74 Å². The summed E-state index contributed by atoms with van der Waals surface area (Å²) in [6.07, 6.45) is -0.391. The number of rotatable bonds is 2. The van der Waals surface area contributed by atoms with Gasteiger partial charge in [-0.05, 0) is 0 Å². The monoisotopic (exact) mass is 238 g/mol. The molecule has 2 aliphatic rings. The molecule has 15 heavy (non-hydrogen) atoms. The number of carbonyl (C=O) groups is 1. The molecule has 0 radical (unpaired) electrons. The molecular formula is C9H16ClFN2O2. The highest BCUT2D eigenvalue weighted by Gasteiger charge is 2.37. The lowest BCUT2D eigenvalue weighted by Crippen LogP contribution is -2.58. The summed E-state index contributed by atoms with van der Waals surface area (Å²) < 4.78 is 17.9. The zero-order valence-electron chi connectivity index (χ0n) is 8.61. The normalized spacial score (nSPS) is 30.9. The van der Waals surface area contributed by atoms with Crippen LogP contribution in [0.15, 0.2) is 0 Å². The average molecular weight is 239 g/mol. The number of amides is 1. The molecule has 2 fully saturated rings. The van der Waals surface area contributed by atoms with Gasteiger partial charge in [0, 0.05) is 33.2 Å². The first-order valence-corrected chi connectivity index (χ1v) is 4.89. The van der Waals surface area contributed by atoms with Crippen LogP contribution in [-0.4, -0.2) is 55.9 Å². The van der Waals surface area contributed by atoms with Crippen LogP contribution >= 0.6 is 12.4 Å². The smallest absolute Gasteiger partial charge is 0.240 e. The molecule has 1 amide bonds. The molecule has 88 valence electrons. The van der Waals surface area contributed by atoms with Gasteiger partial charge in [0.15, 0.2) is 0 Å². The summed E-state index contributed by atoms with van der Waals surface area (Å²) in [5, 5.41) is 2.88. The van der Waals surface area contributed by atoms with Crippen LogP contribution in [-0.2, 0) is 9.53 Å². The molecule has 6 heteroatoms. The number of ether oxygens (including phenoxy) is 1. The average Bonchev–Trinajstić information content (AvgIpc) is 2.49. The second-order valence-electron chi connectivity index (χ2n) is 3.89. The van der Waals surface area contributed by atoms with Crippen LogP contribution in [0.3, 0.4) is 0 Å². The van der Waals surface area contributed by atoms with Crippen molar-refractivity contribution in [1.29, 1.82) is 0 Å². The first kappa shape index (κ1) is 12.7. The minimum absolute atomic E-state index is 0. The first-order valence-electron chi connectivity index (χ1n) is 4.89. The summed E-state index contributed by atoms with van der Waals surface area (Å²) >= 11 is 0. The van der Waals surface area contributed by atoms with Crippen molar-refractivity contribution in [3.63, 3.8) is 0 Å². The lowest BCUT2D eigenvalue weighted by atomic mass is 10.1. The Hall–Kier alpha value is -0.390. The molecule has 0 unspecified atom stereocenters. The second-order valence-corrected chi connectivity index (χ2v) is 3.89. The Bertz CT molecular complexity index is 236. The number of methoxy groups -OCH3 is 1. The summed E-state index contributed by atoms with van der Waals surface area (Å²) in [4.78, 5) is 13.4. The Morgan fingerprint density at radius 1 is 1.53 bits per heavy atom. The molecule has 2 saturated heterocycles. The molecule has 0 aliphatic carbocycles. The summed E-state index contributed by atoms with van der Waals surface area (Å²) in [6.45, 7) is 1.59. The van der Waals surface area contributed by atoms with Gasteiger partial charge in [-0.15, -0.1) is 12.4 Å². The predicted octanol–water partition coefficient (Wildman–Crippen LogP) is -0.0346. The third-order valence-electron chi connectivity index (χ3n) is 2.87. The summed E-state index contributed by atoms with van der Waals surface area (Å²) in [5.41, 5.74) is 0. The molecule has 1 N–H and O–H groups in total. The lowest BCUT2D eigenvalue weighted by Gasteiger charge is -2.39. The molecule has 2 rings (SSSR count). The van der Waals surface area contributed by atoms with Gasteiger partial charge in [0.2, 0.25) is 5.91 Å². The van der Waals surface area contributed by atoms with Crippen molar-refractivity contribution in [2.75, 3.05) is 26.7 Å². The first-order chi connectivity index (χ1) is 6.70. The van der Waals surface area contributed by atoms with E-state index in [0.29, 0.717) is 26.1 Å². The van der Waals surface area contributed by atoms with Crippen LogP contribution in [0, 0.1) is 0 Å². The van der Waals surface area contributed by atoms with E-state index in [1.54, 1.807) is 12.0 Å². The molecule has 2 heterocycles. The molecule has 0 saturated carbocycles. The van der Waals surface area contributed by atoms with Crippen LogP contribution in [0.4, 0.5) is 4.39 Å². The van der Waals surface area contributed by atoms with E-state index >= 15 is 0 Å². The van der Waals surface area contributed by atoms with Crippen LogP contribution < -0.4 is 5.32 Å². The highest BCUT2D eigenvalue weighted by molar-refractivity contribution is 5.85. The number of nitrogens with zero attached hydrogens (tertiary/aromatic N) is 1. The van der Waals surface area contributed by atoms with Crippen molar-refractivity contribution in [3.8, 4) is 0 Å². The highest BCUT2D eigenvalue weighted by Crippen LogP contribution is 2.17. The number of carbonyl (C=O) groups excluding carboxylic acids is 1. The van der Waals surface area contributed by atoms with Gasteiger partial charge in [0.05, 0.1) is 12.1 Å². The van der Waals surface area contributed by atoms with Crippen LogP contribution in [0.25, 0.3) is 0 Å². The number of halogens is 2. The van der Waals surface area contributed by atoms with Gasteiger partial charge in [-0.25, -0.2) is 4.39 Å². The fraction of sp³-hybridized carbons (Fsp3) is 0.889. The van der Waals surface area contributed by atoms with E-state index in [1.165, 1.54) is 0 Å². The van der Waals surface area contributed by atoms with Crippen molar-refractivity contribution in [2.45, 2.75) is 24.7 Å². The third kappa shape index (κ3) is 2.59. The van der Waals surface area contributed by atoms with E-state index in [9.17, 15) is 9.18 Å². The Balaban J connectivity index is 0.00000112. The van der Waals surface area contributed by atoms with E-state index in [-0.39, 0.29) is 30.5 Å². The lowest BCUT2D eigenvalue weighted by molar-refractivity contribution is -0.144. The van der Waals surface area contributed by atoms with E-state index in [0.717, 1.165) is 0 Å². The predicted molar refractivity (Wildman–Crippen MR) is 55.9 cm³/mol. The Kier molecular flexibility index (Phi) is 4.31. The van der Waals surface area contributed by atoms with Crippen molar-refractivity contribution < 1.29 is 13.9 Å². The molecule has 2 atom stereocenters.